The minimum atomic E-state index is -1.45. The summed E-state index contributed by atoms with van der Waals surface area (Å²) in [6, 6.07) is 9.55. The molecule has 0 fully saturated rings. The van der Waals surface area contributed by atoms with Crippen LogP contribution in [0.15, 0.2) is 36.4 Å². The highest BCUT2D eigenvalue weighted by atomic mass is 19.2. The van der Waals surface area contributed by atoms with E-state index in [9.17, 15) is 13.2 Å². The van der Waals surface area contributed by atoms with Crippen LogP contribution >= 0.6 is 0 Å². The summed E-state index contributed by atoms with van der Waals surface area (Å²) in [6.45, 7) is 1.92. The molecule has 0 saturated heterocycles. The minimum Gasteiger partial charge on any atom is -0.354 e. The van der Waals surface area contributed by atoms with Crippen molar-refractivity contribution >= 4 is 10.9 Å². The summed E-state index contributed by atoms with van der Waals surface area (Å²) in [5.74, 6) is -3.81. The van der Waals surface area contributed by atoms with Gasteiger partial charge >= 0.3 is 0 Å². The molecular weight excluding hydrogens is 251 g/mol. The predicted molar refractivity (Wildman–Crippen MR) is 68.3 cm³/mol. The molecule has 3 rings (SSSR count). The quantitative estimate of drug-likeness (QED) is 0.618. The Labute approximate surface area is 107 Å². The molecule has 1 aromatic heterocycles. The van der Waals surface area contributed by atoms with Gasteiger partial charge in [0.05, 0.1) is 0 Å². The summed E-state index contributed by atoms with van der Waals surface area (Å²) in [4.78, 5) is 3.04. The first-order valence-corrected chi connectivity index (χ1v) is 5.80. The van der Waals surface area contributed by atoms with E-state index in [-0.39, 0.29) is 5.56 Å². The Balaban J connectivity index is 2.25. The molecule has 0 radical (unpaired) electrons. The van der Waals surface area contributed by atoms with Gasteiger partial charge in [0.15, 0.2) is 17.5 Å². The van der Waals surface area contributed by atoms with E-state index in [0.29, 0.717) is 5.69 Å². The van der Waals surface area contributed by atoms with Gasteiger partial charge in [0.2, 0.25) is 0 Å². The summed E-state index contributed by atoms with van der Waals surface area (Å²) >= 11 is 0. The average Bonchev–Trinajstić information content (AvgIpc) is 2.81. The molecule has 0 bridgehead atoms. The van der Waals surface area contributed by atoms with Crippen molar-refractivity contribution in [3.8, 4) is 11.3 Å². The van der Waals surface area contributed by atoms with E-state index in [4.69, 9.17) is 0 Å². The summed E-state index contributed by atoms with van der Waals surface area (Å²) in [6.07, 6.45) is 0. The number of halogens is 3. The number of hydrogen-bond donors (Lipinski definition) is 1. The number of rotatable bonds is 1. The van der Waals surface area contributed by atoms with Gasteiger partial charge in [0, 0.05) is 22.2 Å². The second-order valence-corrected chi connectivity index (χ2v) is 4.45. The Kier molecular flexibility index (Phi) is 2.59. The lowest BCUT2D eigenvalue weighted by atomic mass is 10.1. The fraction of sp³-hybridized carbons (Fsp3) is 0.0667. The van der Waals surface area contributed by atoms with Crippen LogP contribution in [0.4, 0.5) is 13.2 Å². The molecule has 0 saturated carbocycles. The Morgan fingerprint density at radius 2 is 1.74 bits per heavy atom. The molecule has 1 N–H and O–H groups in total. The number of aryl methyl sites for hydroxylation is 1. The molecule has 2 aromatic carbocycles. The van der Waals surface area contributed by atoms with Crippen LogP contribution in [-0.2, 0) is 0 Å². The second-order valence-electron chi connectivity index (χ2n) is 4.45. The van der Waals surface area contributed by atoms with Gasteiger partial charge in [-0.05, 0) is 30.7 Å². The molecule has 0 aliphatic rings. The van der Waals surface area contributed by atoms with E-state index in [0.717, 1.165) is 22.5 Å². The van der Waals surface area contributed by atoms with Gasteiger partial charge in [-0.3, -0.25) is 0 Å². The van der Waals surface area contributed by atoms with Gasteiger partial charge < -0.3 is 4.98 Å². The second kappa shape index (κ2) is 4.16. The summed E-state index contributed by atoms with van der Waals surface area (Å²) < 4.78 is 39.9. The van der Waals surface area contributed by atoms with Crippen molar-refractivity contribution in [3.05, 3.63) is 59.4 Å². The van der Waals surface area contributed by atoms with E-state index < -0.39 is 17.5 Å². The number of hydrogen-bond acceptors (Lipinski definition) is 0. The van der Waals surface area contributed by atoms with Gasteiger partial charge in [-0.25, -0.2) is 13.2 Å². The lowest BCUT2D eigenvalue weighted by Crippen LogP contribution is -1.93. The maximum Gasteiger partial charge on any atom is 0.195 e. The SMILES string of the molecule is Cc1cccc2cc(-c3ccc(F)c(F)c3F)[nH]c12. The molecule has 4 heteroatoms. The van der Waals surface area contributed by atoms with E-state index >= 15 is 0 Å². The zero-order chi connectivity index (χ0) is 13.6. The fourth-order valence-corrected chi connectivity index (χ4v) is 2.19. The predicted octanol–water partition coefficient (Wildman–Crippen LogP) is 4.56. The number of nitrogens with one attached hydrogen (secondary N) is 1. The Morgan fingerprint density at radius 3 is 2.47 bits per heavy atom. The first-order valence-electron chi connectivity index (χ1n) is 5.80. The molecule has 0 spiro atoms. The maximum absolute atomic E-state index is 13.7. The van der Waals surface area contributed by atoms with Gasteiger partial charge in [-0.2, -0.15) is 0 Å². The van der Waals surface area contributed by atoms with E-state index in [1.54, 1.807) is 6.07 Å². The third-order valence-corrected chi connectivity index (χ3v) is 3.19. The lowest BCUT2D eigenvalue weighted by molar-refractivity contribution is 0.449. The minimum absolute atomic E-state index is 0.0227. The zero-order valence-electron chi connectivity index (χ0n) is 10.1. The smallest absolute Gasteiger partial charge is 0.195 e. The molecule has 0 aliphatic heterocycles. The van der Waals surface area contributed by atoms with Crippen LogP contribution in [0.25, 0.3) is 22.2 Å². The molecule has 19 heavy (non-hydrogen) atoms. The molecule has 3 aromatic rings. The molecule has 96 valence electrons. The van der Waals surface area contributed by atoms with Crippen LogP contribution in [-0.4, -0.2) is 4.98 Å². The highest BCUT2D eigenvalue weighted by molar-refractivity contribution is 5.88. The van der Waals surface area contributed by atoms with Gasteiger partial charge in [-0.15, -0.1) is 0 Å². The Hall–Kier alpha value is -2.23. The van der Waals surface area contributed by atoms with E-state index in [1.165, 1.54) is 6.07 Å². The zero-order valence-corrected chi connectivity index (χ0v) is 10.1. The summed E-state index contributed by atoms with van der Waals surface area (Å²) in [5.41, 5.74) is 2.32. The third-order valence-electron chi connectivity index (χ3n) is 3.19. The highest BCUT2D eigenvalue weighted by Gasteiger charge is 2.16. The van der Waals surface area contributed by atoms with Crippen molar-refractivity contribution in [2.75, 3.05) is 0 Å². The third kappa shape index (κ3) is 1.80. The van der Waals surface area contributed by atoms with Gasteiger partial charge in [0.25, 0.3) is 0 Å². The standard InChI is InChI=1S/C15H10F3N/c1-8-3-2-4-9-7-12(19-15(8)9)10-5-6-11(16)14(18)13(10)17/h2-7,19H,1H3. The topological polar surface area (TPSA) is 15.8 Å². The Bertz CT molecular complexity index is 774. The van der Waals surface area contributed by atoms with Crippen molar-refractivity contribution in [2.45, 2.75) is 6.92 Å². The first-order chi connectivity index (χ1) is 9.08. The number of H-pyrrole nitrogens is 1. The van der Waals surface area contributed by atoms with Crippen molar-refractivity contribution in [1.82, 2.24) is 4.98 Å². The van der Waals surface area contributed by atoms with Crippen molar-refractivity contribution in [2.24, 2.45) is 0 Å². The normalized spacial score (nSPS) is 11.2. The number of aromatic amines is 1. The van der Waals surface area contributed by atoms with Crippen LogP contribution in [0, 0.1) is 24.4 Å². The van der Waals surface area contributed by atoms with Crippen LogP contribution in [0.5, 0.6) is 0 Å². The number of benzene rings is 2. The molecule has 1 nitrogen and oxygen atoms in total. The van der Waals surface area contributed by atoms with Gasteiger partial charge in [-0.1, -0.05) is 18.2 Å². The van der Waals surface area contributed by atoms with Crippen LogP contribution in [0.3, 0.4) is 0 Å². The van der Waals surface area contributed by atoms with Gasteiger partial charge in [0.1, 0.15) is 0 Å². The van der Waals surface area contributed by atoms with E-state index in [2.05, 4.69) is 4.98 Å². The molecule has 0 aliphatic carbocycles. The number of fused-ring (bicyclic) bond motifs is 1. The highest BCUT2D eigenvalue weighted by Crippen LogP contribution is 2.29. The molecule has 0 amide bonds. The molecule has 1 heterocycles. The molecular formula is C15H10F3N. The monoisotopic (exact) mass is 261 g/mol. The van der Waals surface area contributed by atoms with Crippen LogP contribution in [0.1, 0.15) is 5.56 Å². The fourth-order valence-electron chi connectivity index (χ4n) is 2.19. The molecule has 0 atom stereocenters. The van der Waals surface area contributed by atoms with Crippen LogP contribution in [0.2, 0.25) is 0 Å². The summed E-state index contributed by atoms with van der Waals surface area (Å²) in [5, 5.41) is 0.902. The molecule has 0 unspecified atom stereocenters. The largest absolute Gasteiger partial charge is 0.354 e. The van der Waals surface area contributed by atoms with Crippen molar-refractivity contribution in [3.63, 3.8) is 0 Å². The van der Waals surface area contributed by atoms with Crippen molar-refractivity contribution < 1.29 is 13.2 Å². The summed E-state index contributed by atoms with van der Waals surface area (Å²) in [7, 11) is 0. The first kappa shape index (κ1) is 11.8. The maximum atomic E-state index is 13.7. The lowest BCUT2D eigenvalue weighted by Gasteiger charge is -2.02. The number of para-hydroxylation sites is 1. The number of aromatic nitrogens is 1. The van der Waals surface area contributed by atoms with Crippen LogP contribution < -0.4 is 0 Å². The average molecular weight is 261 g/mol. The Morgan fingerprint density at radius 1 is 0.947 bits per heavy atom. The van der Waals surface area contributed by atoms with E-state index in [1.807, 2.05) is 25.1 Å². The van der Waals surface area contributed by atoms with Crippen molar-refractivity contribution in [1.29, 1.82) is 0 Å².